The summed E-state index contributed by atoms with van der Waals surface area (Å²) in [5.74, 6) is 0. The molecule has 0 atom stereocenters. The fourth-order valence-corrected chi connectivity index (χ4v) is 5.58. The number of halogens is 4. The van der Waals surface area contributed by atoms with E-state index in [1.807, 2.05) is 66.0 Å². The van der Waals surface area contributed by atoms with E-state index < -0.39 is 7.15 Å². The summed E-state index contributed by atoms with van der Waals surface area (Å²) in [5, 5.41) is 3.49. The molecule has 11 heteroatoms. The van der Waals surface area contributed by atoms with Crippen molar-refractivity contribution in [3.8, 4) is 0 Å². The standard InChI is InChI=1S/C12H8BrClOS.C12H9ClOS.CH3F.BHNS/c13-12-9(6-11(7-15)16-12)4-8-2-1-3-10(14)5-8;13-11-3-1-2-9(5-11)4-10-6-12(7-14)15-8-10;1-2;1-2-3/h1-3,5-7H,4H2;1-3,5-8H,4H2;1H3;3H/i;;1D;. The molecule has 0 aliphatic heterocycles. The van der Waals surface area contributed by atoms with Crippen LogP contribution < -0.4 is 0 Å². The van der Waals surface area contributed by atoms with Crippen molar-refractivity contribution in [2.45, 2.75) is 12.8 Å². The van der Waals surface area contributed by atoms with Gasteiger partial charge in [0.1, 0.15) is 0 Å². The van der Waals surface area contributed by atoms with Crippen LogP contribution in [0.1, 0.15) is 43.0 Å². The Bertz CT molecular complexity index is 1280. The monoisotopic (exact) mass is 643 g/mol. The zero-order valence-corrected chi connectivity index (χ0v) is 24.4. The molecule has 0 saturated heterocycles. The second-order valence-electron chi connectivity index (χ2n) is 6.77. The van der Waals surface area contributed by atoms with Crippen LogP contribution in [-0.2, 0) is 12.8 Å². The minimum absolute atomic E-state index is 0.736. The van der Waals surface area contributed by atoms with Crippen LogP contribution in [0.4, 0.5) is 4.39 Å². The second-order valence-corrected chi connectivity index (χ2v) is 11.2. The molecule has 0 aliphatic rings. The van der Waals surface area contributed by atoms with Crippen molar-refractivity contribution in [2.75, 3.05) is 7.15 Å². The maximum atomic E-state index is 10.6. The molecule has 2 heterocycles. The number of carbonyl (C=O) groups excluding carboxylic acids is 2. The van der Waals surface area contributed by atoms with Crippen molar-refractivity contribution in [1.29, 1.82) is 0 Å². The Morgan fingerprint density at radius 3 is 1.97 bits per heavy atom. The van der Waals surface area contributed by atoms with Crippen molar-refractivity contribution >= 4 is 94.8 Å². The maximum absolute atomic E-state index is 10.6. The molecular weight excluding hydrogens is 623 g/mol. The van der Waals surface area contributed by atoms with Crippen molar-refractivity contribution in [3.63, 3.8) is 0 Å². The van der Waals surface area contributed by atoms with Crippen LogP contribution in [-0.4, -0.2) is 27.4 Å². The van der Waals surface area contributed by atoms with Crippen molar-refractivity contribution < 1.29 is 15.4 Å². The zero-order chi connectivity index (χ0) is 27.6. The van der Waals surface area contributed by atoms with E-state index in [0.717, 1.165) is 71.3 Å². The number of nitrogens with zero attached hydrogens (tertiary/aromatic N) is 1. The molecule has 0 aliphatic carbocycles. The third kappa shape index (κ3) is 12.1. The molecule has 0 spiro atoms. The van der Waals surface area contributed by atoms with Gasteiger partial charge in [0.05, 0.1) is 22.1 Å². The van der Waals surface area contributed by atoms with Crippen molar-refractivity contribution in [2.24, 2.45) is 4.30 Å². The molecule has 2 aromatic carbocycles. The average Bonchev–Trinajstić information content (AvgIpc) is 3.46. The predicted molar refractivity (Wildman–Crippen MR) is 160 cm³/mol. The summed E-state index contributed by atoms with van der Waals surface area (Å²) < 4.78 is 19.2. The van der Waals surface area contributed by atoms with E-state index in [-0.39, 0.29) is 0 Å². The number of aldehydes is 2. The van der Waals surface area contributed by atoms with Gasteiger partial charge in [-0.1, -0.05) is 47.5 Å². The molecule has 0 N–H and O–H groups in total. The summed E-state index contributed by atoms with van der Waals surface area (Å²) in [6.07, 6.45) is 3.36. The predicted octanol–water partition coefficient (Wildman–Crippen LogP) is 9.14. The number of carbonyl (C=O) groups is 2. The zero-order valence-electron chi connectivity index (χ0n) is 19.7. The Labute approximate surface area is 244 Å². The van der Waals surface area contributed by atoms with Crippen LogP contribution in [0.15, 0.2) is 74.1 Å². The Balaban J connectivity index is 0.000000306. The molecule has 0 amide bonds. The molecule has 1 radical (unpaired) electrons. The van der Waals surface area contributed by atoms with Gasteiger partial charge >= 0.3 is 24.8 Å². The van der Waals surface area contributed by atoms with E-state index in [2.05, 4.69) is 40.7 Å². The first-order chi connectivity index (χ1) is 17.8. The molecule has 0 unspecified atom stereocenters. The Morgan fingerprint density at radius 2 is 1.53 bits per heavy atom. The van der Waals surface area contributed by atoms with Crippen LogP contribution in [0.5, 0.6) is 0 Å². The van der Waals surface area contributed by atoms with Gasteiger partial charge in [0.25, 0.3) is 0 Å². The van der Waals surface area contributed by atoms with E-state index in [1.54, 1.807) is 0 Å². The van der Waals surface area contributed by atoms with Crippen LogP contribution in [0.25, 0.3) is 0 Å². The van der Waals surface area contributed by atoms with Crippen LogP contribution in [0.2, 0.25) is 10.0 Å². The van der Waals surface area contributed by atoms with Crippen LogP contribution in [0, 0.1) is 0 Å². The SMILES string of the molecule is O=Cc1cc(Cc2cccc(Cl)c2)c(Br)s1.O=Cc1cc(Cc2cccc(Cl)c2)cs1.[2H]CF.[B]=NS. The van der Waals surface area contributed by atoms with E-state index in [9.17, 15) is 14.0 Å². The van der Waals surface area contributed by atoms with E-state index in [0.29, 0.717) is 0 Å². The summed E-state index contributed by atoms with van der Waals surface area (Å²) in [7, 11) is 3.34. The first-order valence-electron chi connectivity index (χ1n) is 10.6. The average molecular weight is 645 g/mol. The van der Waals surface area contributed by atoms with Gasteiger partial charge in [0, 0.05) is 10.0 Å². The first kappa shape index (κ1) is 30.6. The Hall–Kier alpha value is -1.62. The van der Waals surface area contributed by atoms with Gasteiger partial charge in [0.15, 0.2) is 12.6 Å². The second kappa shape index (κ2) is 18.6. The number of hydrogen-bond donors (Lipinski definition) is 1. The Morgan fingerprint density at radius 1 is 1.00 bits per heavy atom. The van der Waals surface area contributed by atoms with Crippen LogP contribution in [0.3, 0.4) is 0 Å². The van der Waals surface area contributed by atoms with Crippen molar-refractivity contribution in [1.82, 2.24) is 0 Å². The number of thiol groups is 1. The summed E-state index contributed by atoms with van der Waals surface area (Å²) in [5.41, 5.74) is 4.58. The number of benzene rings is 2. The third-order valence-corrected chi connectivity index (χ3v) is 7.53. The molecular formula is C25H21BBrCl2FNO2S3. The molecule has 36 heavy (non-hydrogen) atoms. The van der Waals surface area contributed by atoms with Gasteiger partial charge in [-0.05, 0) is 92.8 Å². The fourth-order valence-electron chi connectivity index (χ4n) is 2.90. The molecule has 4 rings (SSSR count). The third-order valence-electron chi connectivity index (χ3n) is 4.26. The molecule has 187 valence electrons. The van der Waals surface area contributed by atoms with Gasteiger partial charge in [-0.15, -0.1) is 22.7 Å². The number of alkyl halides is 1. The van der Waals surface area contributed by atoms with E-state index in [1.165, 1.54) is 22.7 Å². The van der Waals surface area contributed by atoms with Gasteiger partial charge in [-0.2, -0.15) is 0 Å². The molecule has 2 aromatic heterocycles. The van der Waals surface area contributed by atoms with Crippen LogP contribution >= 0.6 is 74.6 Å². The normalized spacial score (nSPS) is 9.72. The van der Waals surface area contributed by atoms with Gasteiger partial charge in [0.2, 0.25) is 0 Å². The first-order valence-corrected chi connectivity index (χ1v) is 13.6. The molecule has 3 nitrogen and oxygen atoms in total. The fraction of sp³-hybridized carbons (Fsp3) is 0.120. The summed E-state index contributed by atoms with van der Waals surface area (Å²) in [4.78, 5) is 22.7. The van der Waals surface area contributed by atoms with Gasteiger partial charge < -0.3 is 0 Å². The van der Waals surface area contributed by atoms with E-state index >= 15 is 0 Å². The summed E-state index contributed by atoms with van der Waals surface area (Å²) in [6.45, 7) is 0. The van der Waals surface area contributed by atoms with E-state index in [4.69, 9.17) is 24.6 Å². The van der Waals surface area contributed by atoms with Crippen molar-refractivity contribution in [3.05, 3.63) is 112 Å². The summed E-state index contributed by atoms with van der Waals surface area (Å²) >= 11 is 21.4. The van der Waals surface area contributed by atoms with Gasteiger partial charge in [-0.25, -0.2) is 0 Å². The topological polar surface area (TPSA) is 46.5 Å². The molecule has 0 bridgehead atoms. The quantitative estimate of drug-likeness (QED) is 0.129. The van der Waals surface area contributed by atoms with Gasteiger partial charge in [-0.3, -0.25) is 14.0 Å². The molecule has 0 fully saturated rings. The Kier molecular flexibility index (Phi) is 15.8. The summed E-state index contributed by atoms with van der Waals surface area (Å²) in [6, 6.07) is 19.3. The number of hydrogen-bond acceptors (Lipinski definition) is 6. The molecule has 4 aromatic rings. The number of thiophene rings is 2. The molecule has 0 saturated carbocycles. The number of rotatable bonds is 6. The minimum atomic E-state index is -1.00.